The average Bonchev–Trinajstić information content (AvgIpc) is 1.99. The minimum atomic E-state index is 0.142. The number of hydrogen-bond donors (Lipinski definition) is 1. The third kappa shape index (κ3) is 3.26. The van der Waals surface area contributed by atoms with E-state index < -0.39 is 0 Å². The summed E-state index contributed by atoms with van der Waals surface area (Å²) in [6, 6.07) is 8.18. The Hall–Kier alpha value is -0.980. The van der Waals surface area contributed by atoms with Gasteiger partial charge < -0.3 is 5.73 Å². The normalized spacial score (nSPS) is 12.9. The molecule has 1 heteroatoms. The highest BCUT2D eigenvalue weighted by Crippen LogP contribution is 2.38. The molecular formula is C14H23N. The predicted molar refractivity (Wildman–Crippen MR) is 68.0 cm³/mol. The molecule has 0 amide bonds. The van der Waals surface area contributed by atoms with Gasteiger partial charge in [0.25, 0.3) is 0 Å². The highest BCUT2D eigenvalue weighted by Gasteiger charge is 2.28. The molecule has 1 rings (SSSR count). The lowest BCUT2D eigenvalue weighted by molar-refractivity contribution is 0.285. The van der Waals surface area contributed by atoms with Crippen LogP contribution in [0.1, 0.15) is 46.6 Å². The van der Waals surface area contributed by atoms with Gasteiger partial charge in [-0.3, -0.25) is 0 Å². The maximum atomic E-state index is 6.03. The lowest BCUT2D eigenvalue weighted by Gasteiger charge is -2.33. The van der Waals surface area contributed by atoms with E-state index in [0.717, 1.165) is 12.1 Å². The molecule has 0 bridgehead atoms. The van der Waals surface area contributed by atoms with Crippen molar-refractivity contribution in [2.75, 3.05) is 5.73 Å². The fourth-order valence-corrected chi connectivity index (χ4v) is 2.53. The molecule has 1 nitrogen and oxygen atoms in total. The molecule has 0 radical (unpaired) electrons. The molecule has 0 aromatic heterocycles. The van der Waals surface area contributed by atoms with Crippen molar-refractivity contribution in [1.82, 2.24) is 0 Å². The first-order valence-corrected chi connectivity index (χ1v) is 5.57. The average molecular weight is 205 g/mol. The van der Waals surface area contributed by atoms with Crippen LogP contribution in [0.25, 0.3) is 0 Å². The van der Waals surface area contributed by atoms with Crippen LogP contribution in [0.4, 0.5) is 5.69 Å². The number of nitrogen functional groups attached to an aromatic ring is 1. The van der Waals surface area contributed by atoms with Crippen molar-refractivity contribution < 1.29 is 0 Å². The molecule has 1 aromatic rings. The van der Waals surface area contributed by atoms with Crippen LogP contribution in [-0.4, -0.2) is 0 Å². The topological polar surface area (TPSA) is 26.0 Å². The maximum absolute atomic E-state index is 6.03. The van der Waals surface area contributed by atoms with E-state index in [1.54, 1.807) is 0 Å². The molecule has 0 saturated carbocycles. The summed E-state index contributed by atoms with van der Waals surface area (Å²) >= 11 is 0. The molecule has 0 atom stereocenters. The van der Waals surface area contributed by atoms with E-state index in [2.05, 4.69) is 46.8 Å². The molecule has 0 saturated heterocycles. The monoisotopic (exact) mass is 205 g/mol. The maximum Gasteiger partial charge on any atom is 0.0352 e. The Morgan fingerprint density at radius 3 is 2.00 bits per heavy atom. The number of para-hydroxylation sites is 1. The molecule has 0 aliphatic heterocycles. The Bertz CT molecular complexity index is 331. The smallest absolute Gasteiger partial charge is 0.0352 e. The quantitative estimate of drug-likeness (QED) is 0.726. The van der Waals surface area contributed by atoms with Gasteiger partial charge >= 0.3 is 0 Å². The van der Waals surface area contributed by atoms with Gasteiger partial charge in [0.2, 0.25) is 0 Å². The second-order valence-electron chi connectivity index (χ2n) is 6.21. The van der Waals surface area contributed by atoms with Crippen LogP contribution in [0.2, 0.25) is 0 Å². The largest absolute Gasteiger partial charge is 0.398 e. The van der Waals surface area contributed by atoms with E-state index in [0.29, 0.717) is 5.41 Å². The SMILES string of the molecule is CC(C)(C)CC(C)(C)c1ccccc1N. The molecule has 0 spiro atoms. The molecule has 0 fully saturated rings. The van der Waals surface area contributed by atoms with Gasteiger partial charge in [-0.2, -0.15) is 0 Å². The highest BCUT2D eigenvalue weighted by atomic mass is 14.6. The van der Waals surface area contributed by atoms with E-state index in [4.69, 9.17) is 5.73 Å². The van der Waals surface area contributed by atoms with Crippen LogP contribution in [0.15, 0.2) is 24.3 Å². The van der Waals surface area contributed by atoms with Crippen molar-refractivity contribution in [3.05, 3.63) is 29.8 Å². The van der Waals surface area contributed by atoms with Gasteiger partial charge in [-0.25, -0.2) is 0 Å². The number of benzene rings is 1. The van der Waals surface area contributed by atoms with Crippen molar-refractivity contribution in [2.24, 2.45) is 5.41 Å². The first-order chi connectivity index (χ1) is 6.72. The predicted octanol–water partition coefficient (Wildman–Crippen LogP) is 3.98. The van der Waals surface area contributed by atoms with E-state index >= 15 is 0 Å². The second kappa shape index (κ2) is 3.88. The van der Waals surface area contributed by atoms with Crippen LogP contribution < -0.4 is 5.73 Å². The second-order valence-corrected chi connectivity index (χ2v) is 6.21. The lowest BCUT2D eigenvalue weighted by Crippen LogP contribution is -2.25. The Morgan fingerprint density at radius 1 is 1.00 bits per heavy atom. The van der Waals surface area contributed by atoms with Gasteiger partial charge in [-0.1, -0.05) is 52.8 Å². The van der Waals surface area contributed by atoms with Crippen LogP contribution in [-0.2, 0) is 5.41 Å². The van der Waals surface area contributed by atoms with E-state index in [1.165, 1.54) is 5.56 Å². The fraction of sp³-hybridized carbons (Fsp3) is 0.571. The molecular weight excluding hydrogens is 182 g/mol. The molecule has 0 aliphatic rings. The van der Waals surface area contributed by atoms with Crippen LogP contribution in [0.3, 0.4) is 0 Å². The molecule has 0 unspecified atom stereocenters. The first-order valence-electron chi connectivity index (χ1n) is 5.57. The van der Waals surface area contributed by atoms with Crippen molar-refractivity contribution in [3.8, 4) is 0 Å². The van der Waals surface area contributed by atoms with Gasteiger partial charge in [0, 0.05) is 5.69 Å². The number of anilines is 1. The summed E-state index contributed by atoms with van der Waals surface area (Å²) in [4.78, 5) is 0. The van der Waals surface area contributed by atoms with Crippen molar-refractivity contribution in [2.45, 2.75) is 46.5 Å². The number of hydrogen-bond acceptors (Lipinski definition) is 1. The Labute approximate surface area is 93.7 Å². The van der Waals surface area contributed by atoms with Gasteiger partial charge in [0.15, 0.2) is 0 Å². The lowest BCUT2D eigenvalue weighted by atomic mass is 9.72. The standard InChI is InChI=1S/C14H23N/c1-13(2,3)10-14(4,5)11-8-6-7-9-12(11)15/h6-9H,10,15H2,1-5H3. The molecule has 2 N–H and O–H groups in total. The summed E-state index contributed by atoms with van der Waals surface area (Å²) in [5.41, 5.74) is 8.67. The summed E-state index contributed by atoms with van der Waals surface area (Å²) in [6.07, 6.45) is 1.13. The van der Waals surface area contributed by atoms with E-state index in [-0.39, 0.29) is 5.41 Å². The van der Waals surface area contributed by atoms with Crippen molar-refractivity contribution in [1.29, 1.82) is 0 Å². The molecule has 15 heavy (non-hydrogen) atoms. The summed E-state index contributed by atoms with van der Waals surface area (Å²) in [5, 5.41) is 0. The molecule has 0 aliphatic carbocycles. The van der Waals surface area contributed by atoms with E-state index in [1.807, 2.05) is 12.1 Å². The van der Waals surface area contributed by atoms with Gasteiger partial charge in [-0.05, 0) is 28.9 Å². The number of nitrogens with two attached hydrogens (primary N) is 1. The highest BCUT2D eigenvalue weighted by molar-refractivity contribution is 5.50. The third-order valence-electron chi connectivity index (χ3n) is 2.66. The summed E-state index contributed by atoms with van der Waals surface area (Å²) in [5.74, 6) is 0. The molecule has 1 aromatic carbocycles. The summed E-state index contributed by atoms with van der Waals surface area (Å²) < 4.78 is 0. The van der Waals surface area contributed by atoms with Crippen molar-refractivity contribution >= 4 is 5.69 Å². The Morgan fingerprint density at radius 2 is 1.53 bits per heavy atom. The number of rotatable bonds is 2. The van der Waals surface area contributed by atoms with Crippen LogP contribution in [0.5, 0.6) is 0 Å². The molecule has 84 valence electrons. The molecule has 0 heterocycles. The van der Waals surface area contributed by atoms with Crippen molar-refractivity contribution in [3.63, 3.8) is 0 Å². The van der Waals surface area contributed by atoms with Gasteiger partial charge in [0.05, 0.1) is 0 Å². The van der Waals surface area contributed by atoms with Crippen LogP contribution in [0, 0.1) is 5.41 Å². The zero-order valence-electron chi connectivity index (χ0n) is 10.6. The fourth-order valence-electron chi connectivity index (χ4n) is 2.53. The zero-order valence-corrected chi connectivity index (χ0v) is 10.6. The Kier molecular flexibility index (Phi) is 3.13. The third-order valence-corrected chi connectivity index (χ3v) is 2.66. The van der Waals surface area contributed by atoms with E-state index in [9.17, 15) is 0 Å². The minimum absolute atomic E-state index is 0.142. The van der Waals surface area contributed by atoms with Crippen LogP contribution >= 0.6 is 0 Å². The first kappa shape index (κ1) is 12.1. The summed E-state index contributed by atoms with van der Waals surface area (Å²) in [6.45, 7) is 11.4. The Balaban J connectivity index is 3.01. The van der Waals surface area contributed by atoms with Gasteiger partial charge in [-0.15, -0.1) is 0 Å². The zero-order chi connectivity index (χ0) is 11.7. The van der Waals surface area contributed by atoms with Gasteiger partial charge in [0.1, 0.15) is 0 Å². The summed E-state index contributed by atoms with van der Waals surface area (Å²) in [7, 11) is 0. The minimum Gasteiger partial charge on any atom is -0.398 e.